The number of nitro benzene ring substituents is 1. The Kier molecular flexibility index (Phi) is 4.33. The first-order valence-electron chi connectivity index (χ1n) is 6.13. The van der Waals surface area contributed by atoms with Crippen LogP contribution in [0, 0.1) is 21.4 Å². The van der Waals surface area contributed by atoms with E-state index in [0.717, 1.165) is 11.3 Å². The van der Waals surface area contributed by atoms with Crippen LogP contribution in [0.1, 0.15) is 22.9 Å². The van der Waals surface area contributed by atoms with Crippen molar-refractivity contribution in [2.45, 2.75) is 19.9 Å². The molecule has 20 heavy (non-hydrogen) atoms. The van der Waals surface area contributed by atoms with Crippen LogP contribution in [0.3, 0.4) is 0 Å². The summed E-state index contributed by atoms with van der Waals surface area (Å²) in [6, 6.07) is 8.37. The Hall–Kier alpha value is -2.39. The van der Waals surface area contributed by atoms with Crippen LogP contribution in [-0.4, -0.2) is 4.92 Å². The van der Waals surface area contributed by atoms with E-state index in [2.05, 4.69) is 18.3 Å². The smallest absolute Gasteiger partial charge is 0.292 e. The van der Waals surface area contributed by atoms with Crippen molar-refractivity contribution in [3.63, 3.8) is 0 Å². The van der Waals surface area contributed by atoms with Crippen LogP contribution in [0.4, 0.5) is 11.4 Å². The minimum atomic E-state index is -0.446. The Labute approximate surface area is 120 Å². The molecular formula is C14H13N3O2S. The number of nitro groups is 1. The van der Waals surface area contributed by atoms with Crippen LogP contribution in [0.25, 0.3) is 0 Å². The molecule has 6 heteroatoms. The first-order valence-corrected chi connectivity index (χ1v) is 7.01. The number of hydrogen-bond donors (Lipinski definition) is 1. The minimum absolute atomic E-state index is 0.0152. The largest absolute Gasteiger partial charge is 0.375 e. The number of benzene rings is 1. The van der Waals surface area contributed by atoms with E-state index in [-0.39, 0.29) is 5.69 Å². The Balaban J connectivity index is 2.24. The van der Waals surface area contributed by atoms with Crippen molar-refractivity contribution in [1.29, 1.82) is 5.26 Å². The fourth-order valence-electron chi connectivity index (χ4n) is 1.92. The van der Waals surface area contributed by atoms with E-state index >= 15 is 0 Å². The molecule has 0 bridgehead atoms. The summed E-state index contributed by atoms with van der Waals surface area (Å²) in [6.45, 7) is 2.60. The fourth-order valence-corrected chi connectivity index (χ4v) is 2.83. The predicted octanol–water partition coefficient (Wildman–Crippen LogP) is 3.70. The number of rotatable bonds is 5. The van der Waals surface area contributed by atoms with E-state index in [1.165, 1.54) is 23.8 Å². The number of hydrogen-bond acceptors (Lipinski definition) is 5. The lowest BCUT2D eigenvalue weighted by atomic mass is 10.1. The molecular weight excluding hydrogens is 274 g/mol. The summed E-state index contributed by atoms with van der Waals surface area (Å²) in [5.74, 6) is 0. The number of aryl methyl sites for hydroxylation is 1. The van der Waals surface area contributed by atoms with E-state index < -0.39 is 4.92 Å². The van der Waals surface area contributed by atoms with Gasteiger partial charge in [0.1, 0.15) is 5.69 Å². The quantitative estimate of drug-likeness (QED) is 0.671. The molecule has 5 nitrogen and oxygen atoms in total. The zero-order chi connectivity index (χ0) is 14.5. The summed E-state index contributed by atoms with van der Waals surface area (Å²) in [5.41, 5.74) is 2.00. The van der Waals surface area contributed by atoms with Gasteiger partial charge >= 0.3 is 0 Å². The number of nitrogens with zero attached hydrogens (tertiary/aromatic N) is 2. The van der Waals surface area contributed by atoms with E-state index in [9.17, 15) is 10.1 Å². The Bertz CT molecular complexity index is 673. The molecule has 0 fully saturated rings. The molecule has 1 heterocycles. The molecule has 0 amide bonds. The normalized spacial score (nSPS) is 10.0. The maximum atomic E-state index is 11.0. The van der Waals surface area contributed by atoms with Gasteiger partial charge in [-0.3, -0.25) is 10.1 Å². The molecule has 1 N–H and O–H groups in total. The molecule has 0 aliphatic carbocycles. The summed E-state index contributed by atoms with van der Waals surface area (Å²) in [7, 11) is 0. The molecule has 1 aromatic carbocycles. The molecule has 1 aromatic heterocycles. The van der Waals surface area contributed by atoms with Gasteiger partial charge in [0.2, 0.25) is 0 Å². The molecule has 0 saturated heterocycles. The lowest BCUT2D eigenvalue weighted by molar-refractivity contribution is -0.384. The highest BCUT2D eigenvalue weighted by molar-refractivity contribution is 7.10. The average molecular weight is 287 g/mol. The number of nitrogens with one attached hydrogen (secondary N) is 1. The van der Waals surface area contributed by atoms with Crippen LogP contribution < -0.4 is 5.32 Å². The van der Waals surface area contributed by atoms with Crippen molar-refractivity contribution < 1.29 is 4.92 Å². The second-order valence-electron chi connectivity index (χ2n) is 4.18. The van der Waals surface area contributed by atoms with Crippen molar-refractivity contribution in [2.75, 3.05) is 5.32 Å². The first kappa shape index (κ1) is 14.0. The van der Waals surface area contributed by atoms with Crippen LogP contribution in [-0.2, 0) is 13.0 Å². The molecule has 102 valence electrons. The molecule has 2 rings (SSSR count). The van der Waals surface area contributed by atoms with Crippen LogP contribution >= 0.6 is 11.3 Å². The van der Waals surface area contributed by atoms with Crippen molar-refractivity contribution in [2.24, 2.45) is 0 Å². The summed E-state index contributed by atoms with van der Waals surface area (Å²) in [6.07, 6.45) is 0.931. The van der Waals surface area contributed by atoms with Crippen molar-refractivity contribution in [3.05, 3.63) is 55.8 Å². The van der Waals surface area contributed by atoms with Crippen molar-refractivity contribution in [3.8, 4) is 6.07 Å². The third-order valence-electron chi connectivity index (χ3n) is 2.98. The standard InChI is InChI=1S/C14H13N3O2S/c1-2-11-5-6-20-14(11)9-16-12-7-10(8-15)3-4-13(12)17(18)19/h3-7,16H,2,9H2,1H3. The topological polar surface area (TPSA) is 79.0 Å². The zero-order valence-electron chi connectivity index (χ0n) is 10.9. The second kappa shape index (κ2) is 6.17. The van der Waals surface area contributed by atoms with Gasteiger partial charge in [-0.15, -0.1) is 11.3 Å². The Morgan fingerprint density at radius 2 is 2.25 bits per heavy atom. The number of anilines is 1. The van der Waals surface area contributed by atoms with Gasteiger partial charge in [0.15, 0.2) is 0 Å². The van der Waals surface area contributed by atoms with Crippen LogP contribution in [0.2, 0.25) is 0 Å². The van der Waals surface area contributed by atoms with E-state index in [1.54, 1.807) is 11.3 Å². The maximum Gasteiger partial charge on any atom is 0.292 e. The van der Waals surface area contributed by atoms with Crippen molar-refractivity contribution >= 4 is 22.7 Å². The zero-order valence-corrected chi connectivity index (χ0v) is 11.7. The summed E-state index contributed by atoms with van der Waals surface area (Å²) in [4.78, 5) is 11.7. The van der Waals surface area contributed by atoms with Gasteiger partial charge < -0.3 is 5.32 Å². The fraction of sp³-hybridized carbons (Fsp3) is 0.214. The van der Waals surface area contributed by atoms with Crippen LogP contribution in [0.15, 0.2) is 29.6 Å². The molecule has 0 saturated carbocycles. The molecule has 0 aliphatic rings. The summed E-state index contributed by atoms with van der Waals surface area (Å²) < 4.78 is 0. The minimum Gasteiger partial charge on any atom is -0.375 e. The lowest BCUT2D eigenvalue weighted by Crippen LogP contribution is -2.03. The predicted molar refractivity (Wildman–Crippen MR) is 78.8 cm³/mol. The SMILES string of the molecule is CCc1ccsc1CNc1cc(C#N)ccc1[N+](=O)[O-]. The van der Waals surface area contributed by atoms with E-state index in [1.807, 2.05) is 11.4 Å². The molecule has 0 spiro atoms. The first-order chi connectivity index (χ1) is 9.65. The molecule has 0 unspecified atom stereocenters. The van der Waals surface area contributed by atoms with Gasteiger partial charge in [0.25, 0.3) is 5.69 Å². The third kappa shape index (κ3) is 2.95. The van der Waals surface area contributed by atoms with Gasteiger partial charge in [-0.05, 0) is 35.6 Å². The number of thiophene rings is 1. The summed E-state index contributed by atoms with van der Waals surface area (Å²) >= 11 is 1.62. The van der Waals surface area contributed by atoms with Gasteiger partial charge in [0.05, 0.1) is 16.6 Å². The molecule has 0 radical (unpaired) electrons. The monoisotopic (exact) mass is 287 g/mol. The molecule has 0 aliphatic heterocycles. The van der Waals surface area contributed by atoms with Gasteiger partial charge in [-0.25, -0.2) is 0 Å². The van der Waals surface area contributed by atoms with E-state index in [4.69, 9.17) is 5.26 Å². The Morgan fingerprint density at radius 1 is 1.45 bits per heavy atom. The Morgan fingerprint density at radius 3 is 2.90 bits per heavy atom. The highest BCUT2D eigenvalue weighted by Crippen LogP contribution is 2.27. The lowest BCUT2D eigenvalue weighted by Gasteiger charge is -2.07. The highest BCUT2D eigenvalue weighted by Gasteiger charge is 2.14. The molecule has 0 atom stereocenters. The van der Waals surface area contributed by atoms with Gasteiger partial charge in [-0.1, -0.05) is 6.92 Å². The molecule has 2 aromatic rings. The highest BCUT2D eigenvalue weighted by atomic mass is 32.1. The average Bonchev–Trinajstić information content (AvgIpc) is 2.91. The second-order valence-corrected chi connectivity index (χ2v) is 5.18. The maximum absolute atomic E-state index is 11.0. The van der Waals surface area contributed by atoms with E-state index in [0.29, 0.717) is 17.8 Å². The van der Waals surface area contributed by atoms with Gasteiger partial charge in [0, 0.05) is 17.5 Å². The van der Waals surface area contributed by atoms with Crippen molar-refractivity contribution in [1.82, 2.24) is 0 Å². The number of nitriles is 1. The summed E-state index contributed by atoms with van der Waals surface area (Å²) in [5, 5.41) is 24.9. The third-order valence-corrected chi connectivity index (χ3v) is 3.94. The van der Waals surface area contributed by atoms with Crippen LogP contribution in [0.5, 0.6) is 0 Å². The van der Waals surface area contributed by atoms with Gasteiger partial charge in [-0.2, -0.15) is 5.26 Å².